The number of amidine groups is 1. The zero-order valence-electron chi connectivity index (χ0n) is 10.9. The molecule has 3 N–H and O–H groups in total. The zero-order chi connectivity index (χ0) is 14.1. The summed E-state index contributed by atoms with van der Waals surface area (Å²) in [4.78, 5) is 0. The van der Waals surface area contributed by atoms with Crippen molar-refractivity contribution >= 4 is 17.4 Å². The maximum Gasteiger partial charge on any atom is 0.170 e. The van der Waals surface area contributed by atoms with Gasteiger partial charge in [0.25, 0.3) is 0 Å². The zero-order valence-corrected chi connectivity index (χ0v) is 11.7. The second kappa shape index (κ2) is 8.74. The first-order valence-electron chi connectivity index (χ1n) is 6.10. The first-order chi connectivity index (χ1) is 9.19. The van der Waals surface area contributed by atoms with E-state index in [1.54, 1.807) is 18.2 Å². The first-order valence-corrected chi connectivity index (χ1v) is 6.48. The van der Waals surface area contributed by atoms with Gasteiger partial charge in [-0.05, 0) is 18.1 Å². The Morgan fingerprint density at radius 2 is 2.05 bits per heavy atom. The predicted molar refractivity (Wildman–Crippen MR) is 74.7 cm³/mol. The van der Waals surface area contributed by atoms with E-state index >= 15 is 0 Å². The van der Waals surface area contributed by atoms with Gasteiger partial charge in [0.05, 0.1) is 19.8 Å². The van der Waals surface area contributed by atoms with Crippen LogP contribution >= 0.6 is 11.6 Å². The Labute approximate surface area is 117 Å². The van der Waals surface area contributed by atoms with Gasteiger partial charge in [0.2, 0.25) is 0 Å². The highest BCUT2D eigenvalue weighted by molar-refractivity contribution is 6.31. The minimum atomic E-state index is 0.0299. The third-order valence-electron chi connectivity index (χ3n) is 2.43. The highest BCUT2D eigenvalue weighted by Crippen LogP contribution is 2.18. The van der Waals surface area contributed by atoms with E-state index in [0.717, 1.165) is 18.6 Å². The summed E-state index contributed by atoms with van der Waals surface area (Å²) in [6.07, 6.45) is 1.00. The lowest BCUT2D eigenvalue weighted by Crippen LogP contribution is -2.13. The topological polar surface area (TPSA) is 77.1 Å². The second-order valence-corrected chi connectivity index (χ2v) is 4.36. The van der Waals surface area contributed by atoms with Gasteiger partial charge in [-0.25, -0.2) is 0 Å². The lowest BCUT2D eigenvalue weighted by atomic mass is 10.1. The van der Waals surface area contributed by atoms with Gasteiger partial charge in [0.1, 0.15) is 0 Å². The van der Waals surface area contributed by atoms with Crippen molar-refractivity contribution in [3.8, 4) is 0 Å². The van der Waals surface area contributed by atoms with Crippen molar-refractivity contribution in [2.24, 2.45) is 10.9 Å². The van der Waals surface area contributed by atoms with Crippen molar-refractivity contribution in [1.82, 2.24) is 0 Å². The van der Waals surface area contributed by atoms with Crippen LogP contribution in [0.2, 0.25) is 5.02 Å². The standard InChI is InChI=1S/C13H19ClN2O3/c1-2-5-18-6-7-19-9-11-4-3-10(8-12(11)14)13(15)16-17/h3-4,8,17H,2,5-7,9H2,1H3,(H2,15,16). The smallest absolute Gasteiger partial charge is 0.170 e. The molecule has 19 heavy (non-hydrogen) atoms. The van der Waals surface area contributed by atoms with E-state index < -0.39 is 0 Å². The largest absolute Gasteiger partial charge is 0.409 e. The van der Waals surface area contributed by atoms with Gasteiger partial charge in [0, 0.05) is 17.2 Å². The van der Waals surface area contributed by atoms with Gasteiger partial charge >= 0.3 is 0 Å². The second-order valence-electron chi connectivity index (χ2n) is 3.96. The van der Waals surface area contributed by atoms with Gasteiger partial charge in [-0.1, -0.05) is 35.8 Å². The fourth-order valence-electron chi connectivity index (χ4n) is 1.43. The molecule has 0 fully saturated rings. The number of benzene rings is 1. The number of oxime groups is 1. The van der Waals surface area contributed by atoms with Crippen molar-refractivity contribution < 1.29 is 14.7 Å². The van der Waals surface area contributed by atoms with Crippen LogP contribution in [0.3, 0.4) is 0 Å². The van der Waals surface area contributed by atoms with Crippen molar-refractivity contribution in [3.05, 3.63) is 34.3 Å². The lowest BCUT2D eigenvalue weighted by molar-refractivity contribution is 0.0408. The molecule has 106 valence electrons. The Balaban J connectivity index is 2.43. The van der Waals surface area contributed by atoms with E-state index in [4.69, 9.17) is 32.0 Å². The van der Waals surface area contributed by atoms with Crippen LogP contribution in [0, 0.1) is 0 Å². The van der Waals surface area contributed by atoms with Crippen LogP contribution in [0.5, 0.6) is 0 Å². The highest BCUT2D eigenvalue weighted by atomic mass is 35.5. The third-order valence-corrected chi connectivity index (χ3v) is 2.79. The van der Waals surface area contributed by atoms with Gasteiger partial charge in [-0.3, -0.25) is 0 Å². The molecule has 0 radical (unpaired) electrons. The molecule has 0 amide bonds. The minimum Gasteiger partial charge on any atom is -0.409 e. The molecule has 0 heterocycles. The third kappa shape index (κ3) is 5.46. The average Bonchev–Trinajstić information content (AvgIpc) is 2.43. The summed E-state index contributed by atoms with van der Waals surface area (Å²) >= 11 is 6.09. The van der Waals surface area contributed by atoms with Crippen LogP contribution in [0.1, 0.15) is 24.5 Å². The molecule has 0 aliphatic rings. The summed E-state index contributed by atoms with van der Waals surface area (Å²) in [5, 5.41) is 12.0. The molecule has 1 aromatic carbocycles. The molecule has 6 heteroatoms. The molecular formula is C13H19ClN2O3. The van der Waals surface area contributed by atoms with Crippen LogP contribution < -0.4 is 5.73 Å². The van der Waals surface area contributed by atoms with E-state index in [1.807, 2.05) is 0 Å². The normalized spacial score (nSPS) is 11.8. The highest BCUT2D eigenvalue weighted by Gasteiger charge is 2.05. The van der Waals surface area contributed by atoms with Gasteiger partial charge in [-0.15, -0.1) is 0 Å². The molecule has 0 aliphatic carbocycles. The summed E-state index contributed by atoms with van der Waals surface area (Å²) in [5.74, 6) is 0.0299. The molecule has 0 atom stereocenters. The minimum absolute atomic E-state index is 0.0299. The van der Waals surface area contributed by atoms with Crippen molar-refractivity contribution in [1.29, 1.82) is 0 Å². The van der Waals surface area contributed by atoms with Crippen LogP contribution in [0.15, 0.2) is 23.4 Å². The fraction of sp³-hybridized carbons (Fsp3) is 0.462. The molecule has 0 aromatic heterocycles. The maximum atomic E-state index is 8.57. The number of rotatable bonds is 8. The fourth-order valence-corrected chi connectivity index (χ4v) is 1.66. The summed E-state index contributed by atoms with van der Waals surface area (Å²) < 4.78 is 10.8. The molecule has 1 rings (SSSR count). The molecule has 0 unspecified atom stereocenters. The Bertz CT molecular complexity index is 424. The van der Waals surface area contributed by atoms with Crippen molar-refractivity contribution in [3.63, 3.8) is 0 Å². The van der Waals surface area contributed by atoms with Gasteiger partial charge in [-0.2, -0.15) is 0 Å². The SMILES string of the molecule is CCCOCCOCc1ccc(/C(N)=N/O)cc1Cl. The average molecular weight is 287 g/mol. The molecule has 0 bridgehead atoms. The molecule has 5 nitrogen and oxygen atoms in total. The molecule has 0 aliphatic heterocycles. The summed E-state index contributed by atoms with van der Waals surface area (Å²) in [7, 11) is 0. The molecule has 0 spiro atoms. The Kier molecular flexibility index (Phi) is 7.25. The molecule has 1 aromatic rings. The number of nitrogens with two attached hydrogens (primary N) is 1. The van der Waals surface area contributed by atoms with E-state index in [1.165, 1.54) is 0 Å². The summed E-state index contributed by atoms with van der Waals surface area (Å²) in [6.45, 7) is 4.32. The monoisotopic (exact) mass is 286 g/mol. The predicted octanol–water partition coefficient (Wildman–Crippen LogP) is 2.38. The number of hydrogen-bond donors (Lipinski definition) is 2. The van der Waals surface area contributed by atoms with Crippen molar-refractivity contribution in [2.45, 2.75) is 20.0 Å². The van der Waals surface area contributed by atoms with E-state index in [-0.39, 0.29) is 5.84 Å². The molecular weight excluding hydrogens is 268 g/mol. The number of halogens is 1. The quantitative estimate of drug-likeness (QED) is 0.253. The van der Waals surface area contributed by atoms with Crippen LogP contribution in [-0.4, -0.2) is 30.9 Å². The maximum absolute atomic E-state index is 8.57. The van der Waals surface area contributed by atoms with E-state index in [2.05, 4.69) is 12.1 Å². The summed E-state index contributed by atoms with van der Waals surface area (Å²) in [6, 6.07) is 5.17. The first kappa shape index (κ1) is 15.8. The van der Waals surface area contributed by atoms with E-state index in [9.17, 15) is 0 Å². The Hall–Kier alpha value is -1.30. The number of nitrogens with zero attached hydrogens (tertiary/aromatic N) is 1. The number of hydrogen-bond acceptors (Lipinski definition) is 4. The van der Waals surface area contributed by atoms with E-state index in [0.29, 0.717) is 30.4 Å². The molecule has 0 saturated heterocycles. The van der Waals surface area contributed by atoms with Crippen molar-refractivity contribution in [2.75, 3.05) is 19.8 Å². The lowest BCUT2D eigenvalue weighted by Gasteiger charge is -2.08. The number of ether oxygens (including phenoxy) is 2. The van der Waals surface area contributed by atoms with Crippen LogP contribution in [-0.2, 0) is 16.1 Å². The van der Waals surface area contributed by atoms with Crippen LogP contribution in [0.25, 0.3) is 0 Å². The Morgan fingerprint density at radius 3 is 2.68 bits per heavy atom. The van der Waals surface area contributed by atoms with Gasteiger partial charge < -0.3 is 20.4 Å². The Morgan fingerprint density at radius 1 is 1.32 bits per heavy atom. The van der Waals surface area contributed by atoms with Gasteiger partial charge in [0.15, 0.2) is 5.84 Å². The van der Waals surface area contributed by atoms with Crippen LogP contribution in [0.4, 0.5) is 0 Å². The molecule has 0 saturated carbocycles. The summed E-state index contributed by atoms with van der Waals surface area (Å²) in [5.41, 5.74) is 6.90.